The van der Waals surface area contributed by atoms with Gasteiger partial charge in [-0.25, -0.2) is 0 Å². The van der Waals surface area contributed by atoms with Crippen LogP contribution in [0.25, 0.3) is 0 Å². The van der Waals surface area contributed by atoms with Crippen LogP contribution in [0.5, 0.6) is 0 Å². The maximum atomic E-state index is 12.3. The van der Waals surface area contributed by atoms with Crippen molar-refractivity contribution in [2.45, 2.75) is 31.7 Å². The second-order valence-corrected chi connectivity index (χ2v) is 6.65. The van der Waals surface area contributed by atoms with Crippen LogP contribution in [-0.2, 0) is 4.79 Å². The highest BCUT2D eigenvalue weighted by Gasteiger charge is 2.22. The highest BCUT2D eigenvalue weighted by molar-refractivity contribution is 6.30. The summed E-state index contributed by atoms with van der Waals surface area (Å²) in [6, 6.07) is 8.48. The number of nitrogens with one attached hydrogen (secondary N) is 1. The Labute approximate surface area is 137 Å². The van der Waals surface area contributed by atoms with E-state index in [1.807, 2.05) is 23.1 Å². The second-order valence-electron chi connectivity index (χ2n) is 6.21. The first-order chi connectivity index (χ1) is 10.7. The first-order valence-corrected chi connectivity index (χ1v) is 8.62. The Morgan fingerprint density at radius 2 is 1.91 bits per heavy atom. The quantitative estimate of drug-likeness (QED) is 0.925. The smallest absolute Gasteiger partial charge is 0.236 e. The number of benzene rings is 1. The molecule has 1 saturated carbocycles. The highest BCUT2D eigenvalue weighted by Crippen LogP contribution is 2.21. The number of carbonyl (C=O) groups excluding carboxylic acids is 1. The molecule has 1 aliphatic carbocycles. The second kappa shape index (κ2) is 7.34. The van der Waals surface area contributed by atoms with Crippen LogP contribution in [0.3, 0.4) is 0 Å². The van der Waals surface area contributed by atoms with Gasteiger partial charge in [-0.1, -0.05) is 30.5 Å². The molecule has 1 amide bonds. The minimum Gasteiger partial charge on any atom is -0.368 e. The van der Waals surface area contributed by atoms with Crippen LogP contribution >= 0.6 is 11.6 Å². The fourth-order valence-electron chi connectivity index (χ4n) is 3.36. The lowest BCUT2D eigenvalue weighted by atomic mass is 10.2. The molecule has 2 fully saturated rings. The van der Waals surface area contributed by atoms with E-state index in [1.54, 1.807) is 0 Å². The summed E-state index contributed by atoms with van der Waals surface area (Å²) in [5.41, 5.74) is 1.14. The third kappa shape index (κ3) is 3.93. The van der Waals surface area contributed by atoms with Crippen LogP contribution < -0.4 is 10.2 Å². The number of hydrogen-bond acceptors (Lipinski definition) is 3. The SMILES string of the molecule is O=C(CNC1CCCC1)N1CCN(c2cccc(Cl)c2)CC1. The number of rotatable bonds is 4. The Kier molecular flexibility index (Phi) is 5.21. The van der Waals surface area contributed by atoms with Gasteiger partial charge in [-0.3, -0.25) is 4.79 Å². The van der Waals surface area contributed by atoms with Crippen LogP contribution in [0, 0.1) is 0 Å². The van der Waals surface area contributed by atoms with Crippen LogP contribution in [-0.4, -0.2) is 49.6 Å². The third-order valence-corrected chi connectivity index (χ3v) is 4.94. The van der Waals surface area contributed by atoms with E-state index in [2.05, 4.69) is 16.3 Å². The van der Waals surface area contributed by atoms with E-state index in [1.165, 1.54) is 25.7 Å². The summed E-state index contributed by atoms with van der Waals surface area (Å²) in [6.45, 7) is 3.81. The van der Waals surface area contributed by atoms with E-state index < -0.39 is 0 Å². The molecule has 22 heavy (non-hydrogen) atoms. The molecule has 5 heteroatoms. The summed E-state index contributed by atoms with van der Waals surface area (Å²) < 4.78 is 0. The molecule has 1 N–H and O–H groups in total. The Bertz CT molecular complexity index is 508. The van der Waals surface area contributed by atoms with Gasteiger partial charge in [0.25, 0.3) is 0 Å². The first-order valence-electron chi connectivity index (χ1n) is 8.24. The molecule has 120 valence electrons. The van der Waals surface area contributed by atoms with Gasteiger partial charge in [-0.15, -0.1) is 0 Å². The molecule has 0 bridgehead atoms. The molecule has 0 atom stereocenters. The molecule has 1 aromatic carbocycles. The third-order valence-electron chi connectivity index (χ3n) is 4.70. The van der Waals surface area contributed by atoms with Gasteiger partial charge in [0.1, 0.15) is 0 Å². The number of anilines is 1. The summed E-state index contributed by atoms with van der Waals surface area (Å²) in [5, 5.41) is 4.17. The van der Waals surface area contributed by atoms with Crippen molar-refractivity contribution < 1.29 is 4.79 Å². The summed E-state index contributed by atoms with van der Waals surface area (Å²) >= 11 is 6.05. The Morgan fingerprint density at radius 3 is 2.59 bits per heavy atom. The van der Waals surface area contributed by atoms with Crippen molar-refractivity contribution in [3.05, 3.63) is 29.3 Å². The molecule has 0 radical (unpaired) electrons. The summed E-state index contributed by atoms with van der Waals surface area (Å²) in [5.74, 6) is 0.234. The zero-order valence-corrected chi connectivity index (χ0v) is 13.7. The predicted molar refractivity (Wildman–Crippen MR) is 90.5 cm³/mol. The predicted octanol–water partition coefficient (Wildman–Crippen LogP) is 2.52. The van der Waals surface area contributed by atoms with Crippen LogP contribution in [0.1, 0.15) is 25.7 Å². The average Bonchev–Trinajstić information content (AvgIpc) is 3.06. The molecule has 2 aliphatic rings. The summed E-state index contributed by atoms with van der Waals surface area (Å²) in [4.78, 5) is 16.5. The largest absolute Gasteiger partial charge is 0.368 e. The lowest BCUT2D eigenvalue weighted by Gasteiger charge is -2.36. The van der Waals surface area contributed by atoms with E-state index in [9.17, 15) is 4.79 Å². The van der Waals surface area contributed by atoms with Gasteiger partial charge < -0.3 is 15.1 Å². The van der Waals surface area contributed by atoms with Crippen molar-refractivity contribution >= 4 is 23.2 Å². The van der Waals surface area contributed by atoms with E-state index >= 15 is 0 Å². The molecule has 4 nitrogen and oxygen atoms in total. The van der Waals surface area contributed by atoms with Gasteiger partial charge in [0.15, 0.2) is 0 Å². The van der Waals surface area contributed by atoms with Gasteiger partial charge in [-0.2, -0.15) is 0 Å². The van der Waals surface area contributed by atoms with Crippen molar-refractivity contribution in [2.75, 3.05) is 37.6 Å². The number of hydrogen-bond donors (Lipinski definition) is 1. The van der Waals surface area contributed by atoms with Gasteiger partial charge in [0.05, 0.1) is 6.54 Å². The topological polar surface area (TPSA) is 35.6 Å². The van der Waals surface area contributed by atoms with Crippen LogP contribution in [0.15, 0.2) is 24.3 Å². The number of piperazine rings is 1. The van der Waals surface area contributed by atoms with Gasteiger partial charge in [0.2, 0.25) is 5.91 Å². The monoisotopic (exact) mass is 321 g/mol. The molecule has 1 saturated heterocycles. The molecule has 1 heterocycles. The summed E-state index contributed by atoms with van der Waals surface area (Å²) in [7, 11) is 0. The molecule has 0 spiro atoms. The highest BCUT2D eigenvalue weighted by atomic mass is 35.5. The number of halogens is 1. The van der Waals surface area contributed by atoms with E-state index in [0.717, 1.165) is 36.9 Å². The average molecular weight is 322 g/mol. The standard InChI is InChI=1S/C17H24ClN3O/c18-14-4-3-7-16(12-14)20-8-10-21(11-9-20)17(22)13-19-15-5-1-2-6-15/h3-4,7,12,15,19H,1-2,5-6,8-11,13H2. The fourth-order valence-corrected chi connectivity index (χ4v) is 3.54. The van der Waals surface area contributed by atoms with Crippen molar-refractivity contribution in [1.29, 1.82) is 0 Å². The van der Waals surface area contributed by atoms with Crippen molar-refractivity contribution in [3.63, 3.8) is 0 Å². The minimum absolute atomic E-state index is 0.234. The molecule has 0 unspecified atom stereocenters. The fraction of sp³-hybridized carbons (Fsp3) is 0.588. The maximum Gasteiger partial charge on any atom is 0.236 e. The molecule has 0 aromatic heterocycles. The summed E-state index contributed by atoms with van der Waals surface area (Å²) in [6.07, 6.45) is 5.03. The van der Waals surface area contributed by atoms with E-state index in [0.29, 0.717) is 12.6 Å². The Balaban J connectivity index is 1.45. The van der Waals surface area contributed by atoms with Crippen LogP contribution in [0.2, 0.25) is 5.02 Å². The normalized spacial score (nSPS) is 19.7. The molecular formula is C17H24ClN3O. The van der Waals surface area contributed by atoms with Crippen molar-refractivity contribution in [1.82, 2.24) is 10.2 Å². The molecular weight excluding hydrogens is 298 g/mol. The van der Waals surface area contributed by atoms with Crippen molar-refractivity contribution in [2.24, 2.45) is 0 Å². The van der Waals surface area contributed by atoms with Crippen molar-refractivity contribution in [3.8, 4) is 0 Å². The van der Waals surface area contributed by atoms with E-state index in [4.69, 9.17) is 11.6 Å². The van der Waals surface area contributed by atoms with Gasteiger partial charge >= 0.3 is 0 Å². The zero-order chi connectivity index (χ0) is 15.4. The first kappa shape index (κ1) is 15.6. The lowest BCUT2D eigenvalue weighted by Crippen LogP contribution is -2.51. The lowest BCUT2D eigenvalue weighted by molar-refractivity contribution is -0.130. The number of carbonyl (C=O) groups is 1. The Morgan fingerprint density at radius 1 is 1.18 bits per heavy atom. The minimum atomic E-state index is 0.234. The van der Waals surface area contributed by atoms with E-state index in [-0.39, 0.29) is 5.91 Å². The molecule has 3 rings (SSSR count). The zero-order valence-electron chi connectivity index (χ0n) is 12.9. The molecule has 1 aliphatic heterocycles. The van der Waals surface area contributed by atoms with Gasteiger partial charge in [0, 0.05) is 42.9 Å². The number of nitrogens with zero attached hydrogens (tertiary/aromatic N) is 2. The number of amides is 1. The molecule has 1 aromatic rings. The Hall–Kier alpha value is -1.26. The maximum absolute atomic E-state index is 12.3. The van der Waals surface area contributed by atoms with Crippen LogP contribution in [0.4, 0.5) is 5.69 Å². The van der Waals surface area contributed by atoms with Gasteiger partial charge in [-0.05, 0) is 31.0 Å².